The van der Waals surface area contributed by atoms with Crippen LogP contribution < -0.4 is 15.8 Å². The number of anilines is 2. The highest BCUT2D eigenvalue weighted by Gasteiger charge is 2.17. The lowest BCUT2D eigenvalue weighted by molar-refractivity contribution is 0.157. The number of nitrogen functional groups attached to an aromatic ring is 1. The second-order valence-corrected chi connectivity index (χ2v) is 5.22. The van der Waals surface area contributed by atoms with Crippen LogP contribution in [0.1, 0.15) is 20.3 Å². The van der Waals surface area contributed by atoms with E-state index in [0.717, 1.165) is 25.3 Å². The van der Waals surface area contributed by atoms with Crippen LogP contribution in [0.2, 0.25) is 0 Å². The molecule has 102 valence electrons. The first-order valence-electron chi connectivity index (χ1n) is 6.15. The fourth-order valence-electron chi connectivity index (χ4n) is 1.63. The molecule has 1 aromatic rings. The molecule has 1 rings (SSSR count). The maximum atomic E-state index is 5.78. The normalized spacial score (nSPS) is 11.3. The van der Waals surface area contributed by atoms with Crippen molar-refractivity contribution in [1.29, 1.82) is 0 Å². The number of nitrogens with one attached hydrogen (secondary N) is 1. The monoisotopic (exact) mass is 252 g/mol. The summed E-state index contributed by atoms with van der Waals surface area (Å²) in [5.41, 5.74) is 7.64. The van der Waals surface area contributed by atoms with Crippen LogP contribution in [0.5, 0.6) is 5.75 Å². The summed E-state index contributed by atoms with van der Waals surface area (Å²) in [6.07, 6.45) is 1.02. The molecule has 0 aliphatic rings. The number of ether oxygens (including phenoxy) is 2. The average molecular weight is 252 g/mol. The summed E-state index contributed by atoms with van der Waals surface area (Å²) in [6.45, 7) is 6.09. The van der Waals surface area contributed by atoms with Gasteiger partial charge in [0.1, 0.15) is 5.75 Å². The van der Waals surface area contributed by atoms with E-state index in [4.69, 9.17) is 15.2 Å². The Hall–Kier alpha value is -1.42. The summed E-state index contributed by atoms with van der Waals surface area (Å²) < 4.78 is 10.3. The van der Waals surface area contributed by atoms with Gasteiger partial charge < -0.3 is 20.5 Å². The molecule has 18 heavy (non-hydrogen) atoms. The van der Waals surface area contributed by atoms with Gasteiger partial charge in [0.25, 0.3) is 0 Å². The van der Waals surface area contributed by atoms with Gasteiger partial charge in [-0.15, -0.1) is 0 Å². The first kappa shape index (κ1) is 14.6. The van der Waals surface area contributed by atoms with Crippen molar-refractivity contribution in [1.82, 2.24) is 0 Å². The van der Waals surface area contributed by atoms with E-state index in [1.54, 1.807) is 14.2 Å². The van der Waals surface area contributed by atoms with Gasteiger partial charge in [0, 0.05) is 32.0 Å². The molecule has 0 heterocycles. The van der Waals surface area contributed by atoms with Crippen LogP contribution in [0.3, 0.4) is 0 Å². The number of nitrogens with two attached hydrogens (primary N) is 1. The van der Waals surface area contributed by atoms with Crippen LogP contribution in [0.15, 0.2) is 18.2 Å². The standard InChI is InChI=1S/C14H24N2O2/c1-14(2,7-8-17-3)10-16-11-5-6-12(15)13(9-11)18-4/h5-6,9,16H,7-8,10,15H2,1-4H3. The SMILES string of the molecule is COCCC(C)(C)CNc1ccc(N)c(OC)c1. The van der Waals surface area contributed by atoms with Crippen molar-refractivity contribution in [2.75, 3.05) is 38.4 Å². The molecule has 0 atom stereocenters. The van der Waals surface area contributed by atoms with E-state index in [-0.39, 0.29) is 5.41 Å². The molecule has 0 unspecified atom stereocenters. The Morgan fingerprint density at radius 2 is 2.00 bits per heavy atom. The fraction of sp³-hybridized carbons (Fsp3) is 0.571. The summed E-state index contributed by atoms with van der Waals surface area (Å²) in [7, 11) is 3.35. The zero-order chi connectivity index (χ0) is 13.6. The highest BCUT2D eigenvalue weighted by Crippen LogP contribution is 2.27. The maximum Gasteiger partial charge on any atom is 0.143 e. The highest BCUT2D eigenvalue weighted by atomic mass is 16.5. The number of hydrogen-bond acceptors (Lipinski definition) is 4. The molecular weight excluding hydrogens is 228 g/mol. The predicted octanol–water partition coefficient (Wildman–Crippen LogP) is 2.75. The van der Waals surface area contributed by atoms with Gasteiger partial charge in [0.15, 0.2) is 0 Å². The fourth-order valence-corrected chi connectivity index (χ4v) is 1.63. The van der Waals surface area contributed by atoms with Crippen molar-refractivity contribution in [3.05, 3.63) is 18.2 Å². The van der Waals surface area contributed by atoms with Crippen LogP contribution >= 0.6 is 0 Å². The summed E-state index contributed by atoms with van der Waals surface area (Å²) in [5.74, 6) is 0.703. The minimum Gasteiger partial charge on any atom is -0.495 e. The molecule has 0 spiro atoms. The molecule has 4 nitrogen and oxygen atoms in total. The van der Waals surface area contributed by atoms with Gasteiger partial charge in [-0.25, -0.2) is 0 Å². The van der Waals surface area contributed by atoms with Gasteiger partial charge in [-0.3, -0.25) is 0 Å². The van der Waals surface area contributed by atoms with Crippen LogP contribution in [0.25, 0.3) is 0 Å². The summed E-state index contributed by atoms with van der Waals surface area (Å²) in [4.78, 5) is 0. The second kappa shape index (κ2) is 6.50. The van der Waals surface area contributed by atoms with Gasteiger partial charge in [-0.05, 0) is 24.0 Å². The Morgan fingerprint density at radius 3 is 2.61 bits per heavy atom. The highest BCUT2D eigenvalue weighted by molar-refractivity contribution is 5.61. The summed E-state index contributed by atoms with van der Waals surface area (Å²) >= 11 is 0. The molecule has 0 saturated carbocycles. The van der Waals surface area contributed by atoms with Crippen molar-refractivity contribution in [2.45, 2.75) is 20.3 Å². The molecule has 0 amide bonds. The van der Waals surface area contributed by atoms with Crippen molar-refractivity contribution in [3.63, 3.8) is 0 Å². The van der Waals surface area contributed by atoms with Crippen molar-refractivity contribution in [3.8, 4) is 5.75 Å². The molecular formula is C14H24N2O2. The van der Waals surface area contributed by atoms with E-state index in [9.17, 15) is 0 Å². The smallest absolute Gasteiger partial charge is 0.143 e. The van der Waals surface area contributed by atoms with E-state index < -0.39 is 0 Å². The lowest BCUT2D eigenvalue weighted by Gasteiger charge is -2.25. The third-order valence-electron chi connectivity index (χ3n) is 2.99. The molecule has 0 bridgehead atoms. The second-order valence-electron chi connectivity index (χ2n) is 5.22. The van der Waals surface area contributed by atoms with Crippen molar-refractivity contribution in [2.24, 2.45) is 5.41 Å². The largest absolute Gasteiger partial charge is 0.495 e. The molecule has 0 aliphatic carbocycles. The van der Waals surface area contributed by atoms with Crippen LogP contribution in [0, 0.1) is 5.41 Å². The van der Waals surface area contributed by atoms with Crippen LogP contribution in [-0.4, -0.2) is 27.4 Å². The minimum atomic E-state index is 0.185. The number of rotatable bonds is 7. The first-order chi connectivity index (χ1) is 8.48. The Bertz CT molecular complexity index is 378. The van der Waals surface area contributed by atoms with Crippen LogP contribution in [-0.2, 0) is 4.74 Å². The third-order valence-corrected chi connectivity index (χ3v) is 2.99. The van der Waals surface area contributed by atoms with E-state index in [0.29, 0.717) is 11.4 Å². The van der Waals surface area contributed by atoms with E-state index >= 15 is 0 Å². The van der Waals surface area contributed by atoms with E-state index in [2.05, 4.69) is 19.2 Å². The number of methoxy groups -OCH3 is 2. The minimum absolute atomic E-state index is 0.185. The molecule has 4 heteroatoms. The molecule has 0 aliphatic heterocycles. The van der Waals surface area contributed by atoms with Gasteiger partial charge in [0.2, 0.25) is 0 Å². The Balaban J connectivity index is 2.57. The van der Waals surface area contributed by atoms with Crippen molar-refractivity contribution < 1.29 is 9.47 Å². The Kier molecular flexibility index (Phi) is 5.28. The van der Waals surface area contributed by atoms with Gasteiger partial charge in [-0.2, -0.15) is 0 Å². The Labute approximate surface area is 109 Å². The maximum absolute atomic E-state index is 5.78. The van der Waals surface area contributed by atoms with Gasteiger partial charge in [-0.1, -0.05) is 13.8 Å². The lowest BCUT2D eigenvalue weighted by Crippen LogP contribution is -2.24. The van der Waals surface area contributed by atoms with Crippen molar-refractivity contribution >= 4 is 11.4 Å². The first-order valence-corrected chi connectivity index (χ1v) is 6.15. The summed E-state index contributed by atoms with van der Waals surface area (Å²) in [6, 6.07) is 5.73. The molecule has 3 N–H and O–H groups in total. The predicted molar refractivity (Wildman–Crippen MR) is 76.2 cm³/mol. The van der Waals surface area contributed by atoms with Gasteiger partial charge >= 0.3 is 0 Å². The summed E-state index contributed by atoms with van der Waals surface area (Å²) in [5, 5.41) is 3.40. The van der Waals surface area contributed by atoms with E-state index in [1.807, 2.05) is 18.2 Å². The van der Waals surface area contributed by atoms with Gasteiger partial charge in [0.05, 0.1) is 12.8 Å². The third kappa shape index (κ3) is 4.45. The molecule has 0 aromatic heterocycles. The zero-order valence-corrected chi connectivity index (χ0v) is 11.7. The molecule has 0 saturated heterocycles. The molecule has 1 aromatic carbocycles. The number of hydrogen-bond donors (Lipinski definition) is 2. The Morgan fingerprint density at radius 1 is 1.28 bits per heavy atom. The molecule has 0 radical (unpaired) electrons. The quantitative estimate of drug-likeness (QED) is 0.733. The zero-order valence-electron chi connectivity index (χ0n) is 11.7. The van der Waals surface area contributed by atoms with E-state index in [1.165, 1.54) is 0 Å². The number of benzene rings is 1. The molecule has 0 fully saturated rings. The van der Waals surface area contributed by atoms with Crippen LogP contribution in [0.4, 0.5) is 11.4 Å². The average Bonchev–Trinajstić information content (AvgIpc) is 2.35. The topological polar surface area (TPSA) is 56.5 Å². The lowest BCUT2D eigenvalue weighted by atomic mass is 9.89.